The normalized spacial score (nSPS) is 11.3. The monoisotopic (exact) mass is 621 g/mol. The number of anilines is 1. The second-order valence-electron chi connectivity index (χ2n) is 7.58. The number of ether oxygens (including phenoxy) is 2. The van der Waals surface area contributed by atoms with Crippen LogP contribution in [0.3, 0.4) is 0 Å². The van der Waals surface area contributed by atoms with Crippen molar-refractivity contribution in [3.05, 3.63) is 81.9 Å². The van der Waals surface area contributed by atoms with Crippen molar-refractivity contribution in [2.24, 2.45) is 5.10 Å². The van der Waals surface area contributed by atoms with Crippen molar-refractivity contribution in [1.82, 2.24) is 5.43 Å². The van der Waals surface area contributed by atoms with Crippen LogP contribution >= 0.6 is 22.6 Å². The van der Waals surface area contributed by atoms with Gasteiger partial charge in [0.15, 0.2) is 11.5 Å². The van der Waals surface area contributed by atoms with E-state index in [1.807, 2.05) is 13.8 Å². The molecule has 3 aromatic rings. The number of benzene rings is 3. The highest BCUT2D eigenvalue weighted by Gasteiger charge is 2.27. The van der Waals surface area contributed by atoms with Crippen LogP contribution in [0.1, 0.15) is 25.8 Å². The number of amides is 1. The molecule has 36 heavy (non-hydrogen) atoms. The molecule has 0 bridgehead atoms. The second-order valence-corrected chi connectivity index (χ2v) is 10.7. The van der Waals surface area contributed by atoms with Gasteiger partial charge in [0.2, 0.25) is 0 Å². The zero-order valence-electron chi connectivity index (χ0n) is 20.1. The summed E-state index contributed by atoms with van der Waals surface area (Å²) in [6.45, 7) is 4.52. The molecule has 10 heteroatoms. The number of halogens is 1. The molecule has 0 aliphatic heterocycles. The molecule has 0 saturated carbocycles. The molecule has 3 rings (SSSR count). The van der Waals surface area contributed by atoms with Crippen LogP contribution in [0.15, 0.2) is 82.8 Å². The largest absolute Gasteiger partial charge is 0.490 e. The van der Waals surface area contributed by atoms with E-state index in [0.717, 1.165) is 14.3 Å². The van der Waals surface area contributed by atoms with Crippen LogP contribution in [0, 0.1) is 3.57 Å². The van der Waals surface area contributed by atoms with Crippen molar-refractivity contribution in [2.75, 3.05) is 24.1 Å². The van der Waals surface area contributed by atoms with Gasteiger partial charge in [0, 0.05) is 3.57 Å². The van der Waals surface area contributed by atoms with Crippen molar-refractivity contribution in [3.8, 4) is 11.5 Å². The predicted octanol–water partition coefficient (Wildman–Crippen LogP) is 4.82. The summed E-state index contributed by atoms with van der Waals surface area (Å²) < 4.78 is 40.0. The lowest BCUT2D eigenvalue weighted by Gasteiger charge is -2.23. The van der Waals surface area contributed by atoms with Crippen LogP contribution in [-0.2, 0) is 14.8 Å². The molecule has 0 spiro atoms. The van der Waals surface area contributed by atoms with Crippen molar-refractivity contribution in [1.29, 1.82) is 0 Å². The SMILES string of the molecule is CCCOc1ccc(/C=N\NC(=O)CN(c2ccc(I)cc2)S(=O)(=O)c2ccccc2)cc1OCC. The summed E-state index contributed by atoms with van der Waals surface area (Å²) in [5.41, 5.74) is 3.48. The lowest BCUT2D eigenvalue weighted by atomic mass is 10.2. The Morgan fingerprint density at radius 1 is 1.00 bits per heavy atom. The summed E-state index contributed by atoms with van der Waals surface area (Å²) in [5, 5.41) is 4.01. The fourth-order valence-electron chi connectivity index (χ4n) is 3.19. The van der Waals surface area contributed by atoms with Gasteiger partial charge in [-0.1, -0.05) is 25.1 Å². The first-order chi connectivity index (χ1) is 17.3. The summed E-state index contributed by atoms with van der Waals surface area (Å²) >= 11 is 2.13. The fourth-order valence-corrected chi connectivity index (χ4v) is 4.99. The number of hydrazone groups is 1. The van der Waals surface area contributed by atoms with Crippen LogP contribution < -0.4 is 19.2 Å². The maximum Gasteiger partial charge on any atom is 0.264 e. The maximum absolute atomic E-state index is 13.3. The summed E-state index contributed by atoms with van der Waals surface area (Å²) in [5.74, 6) is 0.636. The summed E-state index contributed by atoms with van der Waals surface area (Å²) in [6, 6.07) is 20.2. The highest BCUT2D eigenvalue weighted by molar-refractivity contribution is 14.1. The lowest BCUT2D eigenvalue weighted by molar-refractivity contribution is -0.119. The van der Waals surface area contributed by atoms with E-state index in [-0.39, 0.29) is 4.90 Å². The molecule has 0 atom stereocenters. The number of rotatable bonds is 12. The smallest absolute Gasteiger partial charge is 0.264 e. The molecular weight excluding hydrogens is 593 g/mol. The molecule has 0 heterocycles. The Kier molecular flexibility index (Phi) is 10.1. The van der Waals surface area contributed by atoms with Crippen LogP contribution in [-0.4, -0.2) is 40.3 Å². The minimum absolute atomic E-state index is 0.0914. The number of carbonyl (C=O) groups excluding carboxylic acids is 1. The van der Waals surface area contributed by atoms with E-state index in [4.69, 9.17) is 9.47 Å². The average molecular weight is 621 g/mol. The first kappa shape index (κ1) is 27.5. The quantitative estimate of drug-likeness (QED) is 0.178. The zero-order valence-corrected chi connectivity index (χ0v) is 23.0. The number of hydrogen-bond donors (Lipinski definition) is 1. The minimum atomic E-state index is -3.98. The van der Waals surface area contributed by atoms with Gasteiger partial charge in [0.05, 0.1) is 30.0 Å². The molecule has 0 fully saturated rings. The van der Waals surface area contributed by atoms with Crippen molar-refractivity contribution in [2.45, 2.75) is 25.2 Å². The van der Waals surface area contributed by atoms with Gasteiger partial charge in [-0.25, -0.2) is 13.8 Å². The molecule has 190 valence electrons. The summed E-state index contributed by atoms with van der Waals surface area (Å²) in [7, 11) is -3.98. The van der Waals surface area contributed by atoms with Gasteiger partial charge < -0.3 is 9.47 Å². The highest BCUT2D eigenvalue weighted by atomic mass is 127. The van der Waals surface area contributed by atoms with Gasteiger partial charge >= 0.3 is 0 Å². The first-order valence-corrected chi connectivity index (χ1v) is 13.9. The summed E-state index contributed by atoms with van der Waals surface area (Å²) in [4.78, 5) is 12.8. The third-order valence-corrected chi connectivity index (χ3v) is 7.37. The van der Waals surface area contributed by atoms with E-state index in [1.165, 1.54) is 18.3 Å². The minimum Gasteiger partial charge on any atom is -0.490 e. The van der Waals surface area contributed by atoms with Crippen molar-refractivity contribution in [3.63, 3.8) is 0 Å². The highest BCUT2D eigenvalue weighted by Crippen LogP contribution is 2.28. The first-order valence-electron chi connectivity index (χ1n) is 11.4. The van der Waals surface area contributed by atoms with Gasteiger partial charge in [-0.3, -0.25) is 9.10 Å². The average Bonchev–Trinajstić information content (AvgIpc) is 2.88. The number of sulfonamides is 1. The molecule has 0 aliphatic rings. The molecule has 1 N–H and O–H groups in total. The maximum atomic E-state index is 13.3. The van der Waals surface area contributed by atoms with Crippen LogP contribution in [0.25, 0.3) is 0 Å². The van der Waals surface area contributed by atoms with E-state index in [2.05, 4.69) is 33.1 Å². The Hall–Kier alpha value is -3.12. The van der Waals surface area contributed by atoms with E-state index >= 15 is 0 Å². The van der Waals surface area contributed by atoms with E-state index in [1.54, 1.807) is 60.7 Å². The Labute approximate surface area is 225 Å². The van der Waals surface area contributed by atoms with Crippen molar-refractivity contribution < 1.29 is 22.7 Å². The molecule has 8 nitrogen and oxygen atoms in total. The molecular formula is C26H28IN3O5S. The van der Waals surface area contributed by atoms with Gasteiger partial charge in [0.25, 0.3) is 15.9 Å². The topological polar surface area (TPSA) is 97.3 Å². The molecule has 1 amide bonds. The molecule has 0 aliphatic carbocycles. The van der Waals surface area contributed by atoms with Gasteiger partial charge in [-0.05, 0) is 96.1 Å². The molecule has 0 aromatic heterocycles. The summed E-state index contributed by atoms with van der Waals surface area (Å²) in [6.07, 6.45) is 2.34. The van der Waals surface area contributed by atoms with Crippen LogP contribution in [0.5, 0.6) is 11.5 Å². The van der Waals surface area contributed by atoms with Gasteiger partial charge in [-0.2, -0.15) is 5.10 Å². The Bertz CT molecular complexity index is 1280. The Balaban J connectivity index is 1.76. The number of carbonyl (C=O) groups is 1. The molecule has 0 saturated heterocycles. The number of nitrogens with zero attached hydrogens (tertiary/aromatic N) is 2. The second kappa shape index (κ2) is 13.3. The Morgan fingerprint density at radius 2 is 1.72 bits per heavy atom. The lowest BCUT2D eigenvalue weighted by Crippen LogP contribution is -2.39. The van der Waals surface area contributed by atoms with E-state index in [9.17, 15) is 13.2 Å². The third-order valence-electron chi connectivity index (χ3n) is 4.87. The Morgan fingerprint density at radius 3 is 2.39 bits per heavy atom. The van der Waals surface area contributed by atoms with Gasteiger partial charge in [0.1, 0.15) is 6.54 Å². The standard InChI is InChI=1S/C26H28IN3O5S/c1-3-16-35-24-15-10-20(17-25(24)34-4-2)18-28-29-26(31)19-30(22-13-11-21(27)12-14-22)36(32,33)23-8-6-5-7-9-23/h5-15,17-18H,3-4,16,19H2,1-2H3,(H,29,31)/b28-18-. The van der Waals surface area contributed by atoms with Crippen LogP contribution in [0.2, 0.25) is 0 Å². The third kappa shape index (κ3) is 7.44. The molecule has 0 unspecified atom stereocenters. The molecule has 0 radical (unpaired) electrons. The van der Waals surface area contributed by atoms with E-state index < -0.39 is 22.5 Å². The van der Waals surface area contributed by atoms with Crippen LogP contribution in [0.4, 0.5) is 5.69 Å². The van der Waals surface area contributed by atoms with Gasteiger partial charge in [-0.15, -0.1) is 0 Å². The number of hydrogen-bond acceptors (Lipinski definition) is 6. The fraction of sp³-hybridized carbons (Fsp3) is 0.231. The number of nitrogens with one attached hydrogen (secondary N) is 1. The molecule has 3 aromatic carbocycles. The van der Waals surface area contributed by atoms with E-state index in [0.29, 0.717) is 36.0 Å². The zero-order chi connectivity index (χ0) is 26.0. The van der Waals surface area contributed by atoms with Crippen molar-refractivity contribution >= 4 is 50.4 Å². The predicted molar refractivity (Wildman–Crippen MR) is 149 cm³/mol.